The van der Waals surface area contributed by atoms with Gasteiger partial charge in [-0.25, -0.2) is 0 Å². The average Bonchev–Trinajstić information content (AvgIpc) is 2.36. The zero-order valence-electron chi connectivity index (χ0n) is 8.74. The van der Waals surface area contributed by atoms with E-state index in [9.17, 15) is 9.59 Å². The van der Waals surface area contributed by atoms with Crippen molar-refractivity contribution in [3.05, 3.63) is 47.5 Å². The van der Waals surface area contributed by atoms with E-state index in [1.54, 1.807) is 36.4 Å². The second-order valence-corrected chi connectivity index (χ2v) is 3.69. The number of nitrogens with two attached hydrogens (primary N) is 1. The van der Waals surface area contributed by atoms with Gasteiger partial charge in [0, 0.05) is 28.3 Å². The standard InChI is InChI=1S/C12H9ClN2O2/c13-15-12(17)9-6-2-4-7-3-1-5-8(10(7)9)11(14)16/h1-6H,(H2,14,16)(H,15,17). The number of halogens is 1. The fraction of sp³-hybridized carbons (Fsp3) is 0. The predicted molar refractivity (Wildman–Crippen MR) is 65.8 cm³/mol. The lowest BCUT2D eigenvalue weighted by Gasteiger charge is -2.07. The van der Waals surface area contributed by atoms with E-state index in [0.29, 0.717) is 16.5 Å². The first-order chi connectivity index (χ1) is 8.15. The number of primary amides is 1. The molecule has 0 heterocycles. The quantitative estimate of drug-likeness (QED) is 0.796. The Bertz CT molecular complexity index is 605. The van der Waals surface area contributed by atoms with Crippen LogP contribution in [-0.4, -0.2) is 11.8 Å². The van der Waals surface area contributed by atoms with Crippen LogP contribution in [0.1, 0.15) is 20.7 Å². The topological polar surface area (TPSA) is 72.2 Å². The van der Waals surface area contributed by atoms with Crippen molar-refractivity contribution in [2.75, 3.05) is 0 Å². The molecule has 0 atom stereocenters. The normalized spacial score (nSPS) is 10.2. The summed E-state index contributed by atoms with van der Waals surface area (Å²) >= 11 is 5.30. The van der Waals surface area contributed by atoms with E-state index in [1.165, 1.54) is 0 Å². The largest absolute Gasteiger partial charge is 0.366 e. The summed E-state index contributed by atoms with van der Waals surface area (Å²) in [6, 6.07) is 10.2. The minimum absolute atomic E-state index is 0.304. The lowest BCUT2D eigenvalue weighted by atomic mass is 9.98. The number of fused-ring (bicyclic) bond motifs is 1. The molecule has 5 heteroatoms. The van der Waals surface area contributed by atoms with Crippen molar-refractivity contribution in [3.63, 3.8) is 0 Å². The first-order valence-corrected chi connectivity index (χ1v) is 5.25. The summed E-state index contributed by atoms with van der Waals surface area (Å²) in [7, 11) is 0. The Labute approximate surface area is 102 Å². The first-order valence-electron chi connectivity index (χ1n) is 4.87. The Balaban J connectivity index is 2.85. The summed E-state index contributed by atoms with van der Waals surface area (Å²) in [5.74, 6) is -1.05. The number of carbonyl (C=O) groups excluding carboxylic acids is 2. The van der Waals surface area contributed by atoms with Crippen molar-refractivity contribution in [3.8, 4) is 0 Å². The van der Waals surface area contributed by atoms with Crippen LogP contribution in [-0.2, 0) is 0 Å². The molecule has 2 rings (SSSR count). The Morgan fingerprint density at radius 2 is 1.65 bits per heavy atom. The zero-order chi connectivity index (χ0) is 12.4. The highest BCUT2D eigenvalue weighted by Crippen LogP contribution is 2.23. The summed E-state index contributed by atoms with van der Waals surface area (Å²) in [6.45, 7) is 0. The number of amides is 2. The number of hydrogen-bond donors (Lipinski definition) is 2. The molecule has 86 valence electrons. The molecule has 2 aromatic carbocycles. The Morgan fingerprint density at radius 1 is 1.06 bits per heavy atom. The van der Waals surface area contributed by atoms with Gasteiger partial charge < -0.3 is 5.73 Å². The van der Waals surface area contributed by atoms with Crippen LogP contribution in [0.15, 0.2) is 36.4 Å². The summed E-state index contributed by atoms with van der Waals surface area (Å²) in [6.07, 6.45) is 0. The van der Waals surface area contributed by atoms with Crippen molar-refractivity contribution in [2.24, 2.45) is 5.73 Å². The molecule has 0 fully saturated rings. The number of benzene rings is 2. The number of rotatable bonds is 2. The highest BCUT2D eigenvalue weighted by Gasteiger charge is 2.14. The molecule has 2 aromatic rings. The molecular weight excluding hydrogens is 240 g/mol. The minimum Gasteiger partial charge on any atom is -0.366 e. The molecule has 0 unspecified atom stereocenters. The molecule has 17 heavy (non-hydrogen) atoms. The molecule has 0 saturated heterocycles. The average molecular weight is 249 g/mol. The van der Waals surface area contributed by atoms with Crippen LogP contribution in [0.25, 0.3) is 10.8 Å². The summed E-state index contributed by atoms with van der Waals surface area (Å²) in [4.78, 5) is 25.0. The second kappa shape index (κ2) is 4.43. The van der Waals surface area contributed by atoms with Crippen LogP contribution in [0.4, 0.5) is 0 Å². The van der Waals surface area contributed by atoms with E-state index >= 15 is 0 Å². The van der Waals surface area contributed by atoms with Gasteiger partial charge in [0.2, 0.25) is 5.91 Å². The Kier molecular flexibility index (Phi) is 2.97. The second-order valence-electron chi connectivity index (χ2n) is 3.50. The van der Waals surface area contributed by atoms with Crippen molar-refractivity contribution >= 4 is 34.4 Å². The third-order valence-electron chi connectivity index (χ3n) is 2.50. The van der Waals surface area contributed by atoms with Crippen LogP contribution < -0.4 is 10.6 Å². The summed E-state index contributed by atoms with van der Waals surface area (Å²) < 4.78 is 0. The van der Waals surface area contributed by atoms with E-state index in [2.05, 4.69) is 0 Å². The number of hydrogen-bond acceptors (Lipinski definition) is 2. The molecule has 0 saturated carbocycles. The Morgan fingerprint density at radius 3 is 2.18 bits per heavy atom. The molecule has 0 aliphatic heterocycles. The third-order valence-corrected chi connectivity index (χ3v) is 2.67. The van der Waals surface area contributed by atoms with Gasteiger partial charge in [0.1, 0.15) is 0 Å². The van der Waals surface area contributed by atoms with E-state index in [0.717, 1.165) is 5.39 Å². The maximum absolute atomic E-state index is 11.6. The van der Waals surface area contributed by atoms with Gasteiger partial charge in [0.15, 0.2) is 0 Å². The monoisotopic (exact) mass is 248 g/mol. The molecule has 0 aliphatic rings. The van der Waals surface area contributed by atoms with E-state index < -0.39 is 11.8 Å². The molecule has 0 spiro atoms. The first kappa shape index (κ1) is 11.4. The van der Waals surface area contributed by atoms with Crippen LogP contribution in [0.5, 0.6) is 0 Å². The lowest BCUT2D eigenvalue weighted by Crippen LogP contribution is -2.16. The molecule has 0 aliphatic carbocycles. The van der Waals surface area contributed by atoms with Gasteiger partial charge >= 0.3 is 0 Å². The van der Waals surface area contributed by atoms with Crippen LogP contribution in [0.2, 0.25) is 0 Å². The van der Waals surface area contributed by atoms with Crippen LogP contribution in [0, 0.1) is 0 Å². The molecular formula is C12H9ClN2O2. The zero-order valence-corrected chi connectivity index (χ0v) is 9.49. The van der Waals surface area contributed by atoms with Gasteiger partial charge in [-0.2, -0.15) is 0 Å². The number of carbonyl (C=O) groups is 2. The minimum atomic E-state index is -0.578. The van der Waals surface area contributed by atoms with Gasteiger partial charge in [-0.05, 0) is 17.5 Å². The maximum Gasteiger partial charge on any atom is 0.266 e. The smallest absolute Gasteiger partial charge is 0.266 e. The molecule has 0 radical (unpaired) electrons. The fourth-order valence-corrected chi connectivity index (χ4v) is 1.89. The van der Waals surface area contributed by atoms with Crippen molar-refractivity contribution in [1.29, 1.82) is 0 Å². The van der Waals surface area contributed by atoms with Crippen LogP contribution in [0.3, 0.4) is 0 Å². The van der Waals surface area contributed by atoms with E-state index in [-0.39, 0.29) is 0 Å². The molecule has 4 nitrogen and oxygen atoms in total. The molecule has 0 aromatic heterocycles. The number of nitrogens with one attached hydrogen (secondary N) is 1. The highest BCUT2D eigenvalue weighted by atomic mass is 35.5. The van der Waals surface area contributed by atoms with Crippen LogP contribution >= 0.6 is 11.8 Å². The summed E-state index contributed by atoms with van der Waals surface area (Å²) in [5.41, 5.74) is 5.92. The summed E-state index contributed by atoms with van der Waals surface area (Å²) in [5, 5.41) is 1.28. The van der Waals surface area contributed by atoms with Gasteiger partial charge in [-0.3, -0.25) is 14.4 Å². The maximum atomic E-state index is 11.6. The van der Waals surface area contributed by atoms with Gasteiger partial charge in [0.05, 0.1) is 0 Å². The SMILES string of the molecule is NC(=O)c1cccc2cccc(C(=O)NCl)c12. The van der Waals surface area contributed by atoms with Gasteiger partial charge in [-0.1, -0.05) is 24.3 Å². The van der Waals surface area contributed by atoms with Gasteiger partial charge in [-0.15, -0.1) is 0 Å². The highest BCUT2D eigenvalue weighted by molar-refractivity contribution is 6.27. The van der Waals surface area contributed by atoms with Crippen molar-refractivity contribution < 1.29 is 9.59 Å². The molecule has 2 amide bonds. The van der Waals surface area contributed by atoms with Crippen molar-refractivity contribution in [2.45, 2.75) is 0 Å². The molecule has 0 bridgehead atoms. The third kappa shape index (κ3) is 1.94. The fourth-order valence-electron chi connectivity index (χ4n) is 1.79. The van der Waals surface area contributed by atoms with E-state index in [1.807, 2.05) is 4.84 Å². The predicted octanol–water partition coefficient (Wildman–Crippen LogP) is 1.82. The van der Waals surface area contributed by atoms with Crippen molar-refractivity contribution in [1.82, 2.24) is 4.84 Å². The Hall–Kier alpha value is -2.07. The molecule has 3 N–H and O–H groups in total. The lowest BCUT2D eigenvalue weighted by molar-refractivity contribution is 0.0983. The van der Waals surface area contributed by atoms with Gasteiger partial charge in [0.25, 0.3) is 5.91 Å². The van der Waals surface area contributed by atoms with E-state index in [4.69, 9.17) is 17.5 Å².